The molecule has 0 aliphatic carbocycles. The number of carboxylic acids is 1. The lowest BCUT2D eigenvalue weighted by molar-refractivity contribution is -0.131. The van der Waals surface area contributed by atoms with Gasteiger partial charge in [0.25, 0.3) is 5.78 Å². The fourth-order valence-electron chi connectivity index (χ4n) is 1.54. The van der Waals surface area contributed by atoms with E-state index in [1.54, 1.807) is 6.92 Å². The second kappa shape index (κ2) is 5.05. The lowest BCUT2D eigenvalue weighted by Gasteiger charge is -2.14. The summed E-state index contributed by atoms with van der Waals surface area (Å²) in [6.07, 6.45) is 0. The first-order chi connectivity index (χ1) is 7.93. The quantitative estimate of drug-likeness (QED) is 0.660. The molecule has 1 rings (SSSR count). The number of hydrogen-bond acceptors (Lipinski definition) is 4. The van der Waals surface area contributed by atoms with Crippen molar-refractivity contribution in [2.24, 2.45) is 0 Å². The molecule has 0 saturated heterocycles. The largest absolute Gasteiger partial charge is 0.496 e. The molecule has 0 saturated carbocycles. The van der Waals surface area contributed by atoms with Crippen molar-refractivity contribution in [3.8, 4) is 11.5 Å². The molecule has 0 radical (unpaired) electrons. The van der Waals surface area contributed by atoms with Crippen LogP contribution in [-0.4, -0.2) is 31.1 Å². The summed E-state index contributed by atoms with van der Waals surface area (Å²) in [7, 11) is 2.76. The second-order valence-corrected chi connectivity index (χ2v) is 3.64. The van der Waals surface area contributed by atoms with Gasteiger partial charge in [0, 0.05) is 5.56 Å². The third-order valence-electron chi connectivity index (χ3n) is 2.26. The molecule has 1 aromatic carbocycles. The Bertz CT molecular complexity index is 481. The zero-order valence-corrected chi connectivity index (χ0v) is 10.3. The number of benzene rings is 1. The molecule has 0 atom stereocenters. The van der Waals surface area contributed by atoms with Gasteiger partial charge in [-0.05, 0) is 13.0 Å². The number of carboxylic acid groups (broad SMARTS) is 1. The number of hydrogen-bond donors (Lipinski definition) is 1. The van der Waals surface area contributed by atoms with Crippen LogP contribution >= 0.6 is 11.6 Å². The van der Waals surface area contributed by atoms with Crippen molar-refractivity contribution in [1.82, 2.24) is 0 Å². The maximum absolute atomic E-state index is 11.4. The number of aliphatic carboxylic acids is 1. The topological polar surface area (TPSA) is 72.8 Å². The van der Waals surface area contributed by atoms with Crippen LogP contribution < -0.4 is 9.47 Å². The molecule has 0 fully saturated rings. The van der Waals surface area contributed by atoms with E-state index < -0.39 is 11.8 Å². The van der Waals surface area contributed by atoms with Crippen LogP contribution in [0.4, 0.5) is 0 Å². The number of ether oxygens (including phenoxy) is 2. The first kappa shape index (κ1) is 13.3. The van der Waals surface area contributed by atoms with Crippen LogP contribution in [-0.2, 0) is 4.79 Å². The zero-order chi connectivity index (χ0) is 13.2. The molecule has 17 heavy (non-hydrogen) atoms. The van der Waals surface area contributed by atoms with Crippen LogP contribution in [0.15, 0.2) is 6.07 Å². The summed E-state index contributed by atoms with van der Waals surface area (Å²) in [5.74, 6) is -2.14. The average molecular weight is 259 g/mol. The van der Waals surface area contributed by atoms with E-state index >= 15 is 0 Å². The number of halogens is 1. The molecule has 0 aliphatic heterocycles. The summed E-state index contributed by atoms with van der Waals surface area (Å²) in [6, 6.07) is 1.22. The van der Waals surface area contributed by atoms with Gasteiger partial charge in [-0.25, -0.2) is 4.79 Å². The molecule has 0 heterocycles. The van der Waals surface area contributed by atoms with Gasteiger partial charge in [0.1, 0.15) is 11.5 Å². The van der Waals surface area contributed by atoms with Crippen LogP contribution in [0.1, 0.15) is 15.9 Å². The van der Waals surface area contributed by atoms with E-state index in [1.807, 2.05) is 0 Å². The minimum Gasteiger partial charge on any atom is -0.496 e. The van der Waals surface area contributed by atoms with Gasteiger partial charge >= 0.3 is 5.97 Å². The average Bonchev–Trinajstić information content (AvgIpc) is 2.27. The van der Waals surface area contributed by atoms with Crippen molar-refractivity contribution in [2.45, 2.75) is 6.92 Å². The fraction of sp³-hybridized carbons (Fsp3) is 0.273. The fourth-order valence-corrected chi connectivity index (χ4v) is 1.87. The molecule has 1 aromatic rings. The zero-order valence-electron chi connectivity index (χ0n) is 9.54. The predicted molar refractivity (Wildman–Crippen MR) is 61.3 cm³/mol. The lowest BCUT2D eigenvalue weighted by Crippen LogP contribution is -2.14. The summed E-state index contributed by atoms with van der Waals surface area (Å²) in [5, 5.41) is 8.85. The van der Waals surface area contributed by atoms with Crippen molar-refractivity contribution in [2.75, 3.05) is 14.2 Å². The third kappa shape index (κ3) is 2.34. The van der Waals surface area contributed by atoms with E-state index in [0.717, 1.165) is 0 Å². The van der Waals surface area contributed by atoms with Crippen molar-refractivity contribution in [3.63, 3.8) is 0 Å². The third-order valence-corrected chi connectivity index (χ3v) is 2.54. The van der Waals surface area contributed by atoms with E-state index in [-0.39, 0.29) is 16.3 Å². The SMILES string of the molecule is COc1c(Cl)cc(C(=O)C(=O)O)c(OC)c1C. The smallest absolute Gasteiger partial charge is 0.377 e. The van der Waals surface area contributed by atoms with Crippen LogP contribution in [0.5, 0.6) is 11.5 Å². The molecule has 92 valence electrons. The number of Topliss-reactive ketones (excluding diaryl/α,β-unsaturated/α-hetero) is 1. The summed E-state index contributed by atoms with van der Waals surface area (Å²) >= 11 is 5.89. The Labute approximate surface area is 103 Å². The molecular formula is C11H11ClO5. The Morgan fingerprint density at radius 3 is 2.18 bits per heavy atom. The Kier molecular flexibility index (Phi) is 3.96. The molecule has 0 spiro atoms. The molecule has 6 heteroatoms. The Morgan fingerprint density at radius 1 is 1.24 bits per heavy atom. The van der Waals surface area contributed by atoms with Gasteiger partial charge in [-0.15, -0.1) is 0 Å². The molecule has 0 bridgehead atoms. The second-order valence-electron chi connectivity index (χ2n) is 3.23. The molecular weight excluding hydrogens is 248 g/mol. The van der Waals surface area contributed by atoms with Crippen LogP contribution in [0.25, 0.3) is 0 Å². The predicted octanol–water partition coefficient (Wildman–Crippen LogP) is 1.93. The lowest BCUT2D eigenvalue weighted by atomic mass is 10.0. The highest BCUT2D eigenvalue weighted by molar-refractivity contribution is 6.41. The summed E-state index contributed by atoms with van der Waals surface area (Å²) < 4.78 is 10.1. The Balaban J connectivity index is 3.52. The first-order valence-corrected chi connectivity index (χ1v) is 5.00. The highest BCUT2D eigenvalue weighted by Crippen LogP contribution is 2.37. The van der Waals surface area contributed by atoms with E-state index in [9.17, 15) is 9.59 Å². The van der Waals surface area contributed by atoms with Gasteiger partial charge in [0.15, 0.2) is 0 Å². The minimum absolute atomic E-state index is 0.0942. The summed E-state index contributed by atoms with van der Waals surface area (Å²) in [6.45, 7) is 1.63. The number of rotatable bonds is 4. The first-order valence-electron chi connectivity index (χ1n) is 4.62. The van der Waals surface area contributed by atoms with Gasteiger partial charge in [-0.3, -0.25) is 4.79 Å². The normalized spacial score (nSPS) is 9.88. The maximum atomic E-state index is 11.4. The molecule has 0 unspecified atom stereocenters. The van der Waals surface area contributed by atoms with Gasteiger partial charge in [0.05, 0.1) is 24.8 Å². The van der Waals surface area contributed by atoms with Gasteiger partial charge in [-0.2, -0.15) is 0 Å². The monoisotopic (exact) mass is 258 g/mol. The summed E-state index contributed by atoms with van der Waals surface area (Å²) in [5.41, 5.74) is 0.385. The molecule has 1 N–H and O–H groups in total. The van der Waals surface area contributed by atoms with E-state index in [2.05, 4.69) is 0 Å². The van der Waals surface area contributed by atoms with Crippen LogP contribution in [0.3, 0.4) is 0 Å². The number of carbonyl (C=O) groups excluding carboxylic acids is 1. The number of methoxy groups -OCH3 is 2. The number of carbonyl (C=O) groups is 2. The van der Waals surface area contributed by atoms with E-state index in [1.165, 1.54) is 20.3 Å². The Hall–Kier alpha value is -1.75. The van der Waals surface area contributed by atoms with Gasteiger partial charge < -0.3 is 14.6 Å². The molecule has 0 aromatic heterocycles. The van der Waals surface area contributed by atoms with Crippen molar-refractivity contribution >= 4 is 23.4 Å². The van der Waals surface area contributed by atoms with Crippen molar-refractivity contribution in [3.05, 3.63) is 22.2 Å². The standard InChI is InChI=1S/C11H11ClO5/c1-5-9(16-2)6(8(13)11(14)15)4-7(12)10(5)17-3/h4H,1-3H3,(H,14,15). The highest BCUT2D eigenvalue weighted by Gasteiger charge is 2.24. The van der Waals surface area contributed by atoms with Crippen LogP contribution in [0.2, 0.25) is 5.02 Å². The number of ketones is 1. The van der Waals surface area contributed by atoms with Crippen molar-refractivity contribution in [1.29, 1.82) is 0 Å². The van der Waals surface area contributed by atoms with Gasteiger partial charge in [-0.1, -0.05) is 11.6 Å². The minimum atomic E-state index is -1.57. The molecule has 5 nitrogen and oxygen atoms in total. The maximum Gasteiger partial charge on any atom is 0.377 e. The van der Waals surface area contributed by atoms with E-state index in [0.29, 0.717) is 11.3 Å². The van der Waals surface area contributed by atoms with Crippen molar-refractivity contribution < 1.29 is 24.2 Å². The van der Waals surface area contributed by atoms with Gasteiger partial charge in [0.2, 0.25) is 0 Å². The van der Waals surface area contributed by atoms with Crippen LogP contribution in [0, 0.1) is 6.92 Å². The molecule has 0 aliphatic rings. The highest BCUT2D eigenvalue weighted by atomic mass is 35.5. The van der Waals surface area contributed by atoms with E-state index in [4.69, 9.17) is 26.2 Å². The Morgan fingerprint density at radius 2 is 1.76 bits per heavy atom. The summed E-state index contributed by atoms with van der Waals surface area (Å²) in [4.78, 5) is 22.1. The molecule has 0 amide bonds.